The van der Waals surface area contributed by atoms with Crippen molar-refractivity contribution in [2.75, 3.05) is 6.54 Å². The minimum absolute atomic E-state index is 0.185. The summed E-state index contributed by atoms with van der Waals surface area (Å²) in [5.74, 6) is -1.89. The molecule has 0 spiro atoms. The van der Waals surface area contributed by atoms with Crippen molar-refractivity contribution >= 4 is 11.9 Å². The van der Waals surface area contributed by atoms with Crippen molar-refractivity contribution in [2.45, 2.75) is 40.2 Å². The number of nitrogens with one attached hydrogen (secondary N) is 1. The summed E-state index contributed by atoms with van der Waals surface area (Å²) < 4.78 is 1.39. The van der Waals surface area contributed by atoms with E-state index in [2.05, 4.69) is 10.3 Å². The van der Waals surface area contributed by atoms with Crippen LogP contribution >= 0.6 is 0 Å². The minimum atomic E-state index is -0.968. The number of amides is 1. The lowest BCUT2D eigenvalue weighted by Crippen LogP contribution is -2.34. The fourth-order valence-corrected chi connectivity index (χ4v) is 2.17. The fourth-order valence-electron chi connectivity index (χ4n) is 2.17. The third kappa shape index (κ3) is 3.43. The number of hydrogen-bond acceptors (Lipinski definition) is 4. The summed E-state index contributed by atoms with van der Waals surface area (Å²) in [6.07, 6.45) is 0. The average Bonchev–Trinajstić information content (AvgIpc) is 2.32. The number of hydrogen-bond donors (Lipinski definition) is 2. The zero-order valence-corrected chi connectivity index (χ0v) is 12.1. The van der Waals surface area contributed by atoms with Crippen LogP contribution in [-0.4, -0.2) is 33.1 Å². The van der Waals surface area contributed by atoms with E-state index in [1.165, 1.54) is 11.5 Å². The highest BCUT2D eigenvalue weighted by Gasteiger charge is 2.21. The Hall–Kier alpha value is -2.18. The van der Waals surface area contributed by atoms with E-state index >= 15 is 0 Å². The molecule has 2 N–H and O–H groups in total. The van der Waals surface area contributed by atoms with Gasteiger partial charge in [0.05, 0.1) is 5.92 Å². The molecule has 0 aromatic carbocycles. The number of aliphatic carboxylic acids is 1. The molecule has 0 saturated carbocycles. The highest BCUT2D eigenvalue weighted by atomic mass is 16.4. The van der Waals surface area contributed by atoms with Gasteiger partial charge in [0.25, 0.3) is 0 Å². The van der Waals surface area contributed by atoms with Crippen LogP contribution in [0.3, 0.4) is 0 Å². The Bertz CT molecular complexity index is 592. The van der Waals surface area contributed by atoms with Gasteiger partial charge in [-0.3, -0.25) is 14.2 Å². The first-order chi connectivity index (χ1) is 9.25. The number of rotatable bonds is 5. The van der Waals surface area contributed by atoms with Crippen LogP contribution in [0.4, 0.5) is 0 Å². The van der Waals surface area contributed by atoms with E-state index in [1.54, 1.807) is 20.8 Å². The largest absolute Gasteiger partial charge is 0.481 e. The molecular formula is C13H19N3O4. The molecule has 7 nitrogen and oxygen atoms in total. The van der Waals surface area contributed by atoms with Crippen LogP contribution in [-0.2, 0) is 16.1 Å². The van der Waals surface area contributed by atoms with Gasteiger partial charge in [0.15, 0.2) is 0 Å². The summed E-state index contributed by atoms with van der Waals surface area (Å²) in [7, 11) is 0. The molecule has 7 heteroatoms. The molecule has 1 unspecified atom stereocenters. The lowest BCUT2D eigenvalue weighted by Gasteiger charge is -2.18. The monoisotopic (exact) mass is 281 g/mol. The summed E-state index contributed by atoms with van der Waals surface area (Å²) >= 11 is 0. The molecule has 0 fully saturated rings. The normalized spacial score (nSPS) is 12.0. The smallest absolute Gasteiger partial charge is 0.348 e. The Kier molecular flexibility index (Phi) is 5.01. The van der Waals surface area contributed by atoms with Gasteiger partial charge < -0.3 is 10.4 Å². The molecule has 1 atom stereocenters. The highest BCUT2D eigenvalue weighted by Crippen LogP contribution is 2.21. The van der Waals surface area contributed by atoms with Crippen molar-refractivity contribution < 1.29 is 14.7 Å². The highest BCUT2D eigenvalue weighted by molar-refractivity contribution is 5.76. The first-order valence-corrected chi connectivity index (χ1v) is 6.30. The lowest BCUT2D eigenvalue weighted by molar-refractivity contribution is -0.138. The molecular weight excluding hydrogens is 262 g/mol. The molecule has 110 valence electrons. The molecule has 1 aromatic rings. The van der Waals surface area contributed by atoms with E-state index in [1.807, 2.05) is 0 Å². The molecule has 0 aliphatic carbocycles. The topological polar surface area (TPSA) is 101 Å². The summed E-state index contributed by atoms with van der Waals surface area (Å²) in [5, 5.41) is 11.7. The number of carboxylic acid groups (broad SMARTS) is 1. The van der Waals surface area contributed by atoms with Gasteiger partial charge in [0, 0.05) is 37.0 Å². The molecule has 20 heavy (non-hydrogen) atoms. The van der Waals surface area contributed by atoms with Crippen LogP contribution in [0.15, 0.2) is 4.79 Å². The second kappa shape index (κ2) is 6.31. The molecule has 0 aliphatic rings. The van der Waals surface area contributed by atoms with Gasteiger partial charge in [-0.25, -0.2) is 4.79 Å². The molecule has 1 amide bonds. The maximum absolute atomic E-state index is 11.9. The Morgan fingerprint density at radius 1 is 1.40 bits per heavy atom. The number of aromatic nitrogens is 2. The first kappa shape index (κ1) is 15.9. The van der Waals surface area contributed by atoms with Crippen LogP contribution in [0.5, 0.6) is 0 Å². The van der Waals surface area contributed by atoms with Crippen molar-refractivity contribution in [3.63, 3.8) is 0 Å². The van der Waals surface area contributed by atoms with Gasteiger partial charge in [-0.2, -0.15) is 4.98 Å². The molecule has 0 radical (unpaired) electrons. The summed E-state index contributed by atoms with van der Waals surface area (Å²) in [6, 6.07) is 0. The maximum atomic E-state index is 11.9. The maximum Gasteiger partial charge on any atom is 0.348 e. The quantitative estimate of drug-likeness (QED) is 0.802. The Balaban J connectivity index is 3.19. The molecule has 0 bridgehead atoms. The van der Waals surface area contributed by atoms with Crippen LogP contribution < -0.4 is 11.0 Å². The SMILES string of the molecule is CC(=O)NCCn1c(C)c(C(C)C(=O)O)c(C)nc1=O. The van der Waals surface area contributed by atoms with E-state index < -0.39 is 17.6 Å². The average molecular weight is 281 g/mol. The van der Waals surface area contributed by atoms with Crippen molar-refractivity contribution in [2.24, 2.45) is 0 Å². The fraction of sp³-hybridized carbons (Fsp3) is 0.538. The third-order valence-corrected chi connectivity index (χ3v) is 3.19. The van der Waals surface area contributed by atoms with E-state index in [4.69, 9.17) is 5.11 Å². The van der Waals surface area contributed by atoms with Gasteiger partial charge in [0.2, 0.25) is 5.91 Å². The van der Waals surface area contributed by atoms with Crippen molar-refractivity contribution in [3.05, 3.63) is 27.4 Å². The first-order valence-electron chi connectivity index (χ1n) is 6.30. The van der Waals surface area contributed by atoms with Crippen LogP contribution in [0, 0.1) is 13.8 Å². The molecule has 0 saturated heterocycles. The number of carbonyl (C=O) groups excluding carboxylic acids is 1. The zero-order chi connectivity index (χ0) is 15.4. The van der Waals surface area contributed by atoms with Crippen LogP contribution in [0.2, 0.25) is 0 Å². The third-order valence-electron chi connectivity index (χ3n) is 3.19. The van der Waals surface area contributed by atoms with Gasteiger partial charge in [-0.1, -0.05) is 0 Å². The summed E-state index contributed by atoms with van der Waals surface area (Å²) in [4.78, 5) is 37.7. The van der Waals surface area contributed by atoms with E-state index in [0.29, 0.717) is 23.5 Å². The van der Waals surface area contributed by atoms with Crippen molar-refractivity contribution in [1.29, 1.82) is 0 Å². The Labute approximate surface area is 116 Å². The van der Waals surface area contributed by atoms with Gasteiger partial charge >= 0.3 is 11.7 Å². The second-order valence-electron chi connectivity index (χ2n) is 4.67. The molecule has 1 rings (SSSR count). The van der Waals surface area contributed by atoms with Gasteiger partial charge in [-0.05, 0) is 20.8 Å². The van der Waals surface area contributed by atoms with Gasteiger partial charge in [0.1, 0.15) is 0 Å². The molecule has 0 aliphatic heterocycles. The molecule has 1 aromatic heterocycles. The predicted molar refractivity (Wildman–Crippen MR) is 72.7 cm³/mol. The van der Waals surface area contributed by atoms with Gasteiger partial charge in [-0.15, -0.1) is 0 Å². The zero-order valence-electron chi connectivity index (χ0n) is 12.1. The number of nitrogens with zero attached hydrogens (tertiary/aromatic N) is 2. The van der Waals surface area contributed by atoms with Crippen LogP contribution in [0.1, 0.15) is 36.7 Å². The number of carboxylic acids is 1. The van der Waals surface area contributed by atoms with E-state index in [0.717, 1.165) is 0 Å². The lowest BCUT2D eigenvalue weighted by atomic mass is 9.98. The standard InChI is InChI=1S/C13H19N3O4/c1-7(12(18)19)11-8(2)15-13(20)16(9(11)3)6-5-14-10(4)17/h7H,5-6H2,1-4H3,(H,14,17)(H,18,19). The minimum Gasteiger partial charge on any atom is -0.481 e. The Morgan fingerprint density at radius 2 is 2.00 bits per heavy atom. The Morgan fingerprint density at radius 3 is 2.50 bits per heavy atom. The van der Waals surface area contributed by atoms with Crippen molar-refractivity contribution in [1.82, 2.24) is 14.9 Å². The van der Waals surface area contributed by atoms with E-state index in [9.17, 15) is 14.4 Å². The predicted octanol–water partition coefficient (Wildman–Crippen LogP) is 0.184. The second-order valence-corrected chi connectivity index (χ2v) is 4.67. The van der Waals surface area contributed by atoms with Crippen LogP contribution in [0.25, 0.3) is 0 Å². The number of carbonyl (C=O) groups is 2. The van der Waals surface area contributed by atoms with Crippen molar-refractivity contribution in [3.8, 4) is 0 Å². The van der Waals surface area contributed by atoms with E-state index in [-0.39, 0.29) is 12.5 Å². The summed E-state index contributed by atoms with van der Waals surface area (Å²) in [6.45, 7) is 6.82. The summed E-state index contributed by atoms with van der Waals surface area (Å²) in [5.41, 5.74) is 1.10. The molecule has 1 heterocycles. The number of aryl methyl sites for hydroxylation is 1.